The summed E-state index contributed by atoms with van der Waals surface area (Å²) in [6.45, 7) is 2.59. The Morgan fingerprint density at radius 3 is 2.38 bits per heavy atom. The number of carboxylic acid groups (broad SMARTS) is 2. The van der Waals surface area contributed by atoms with E-state index in [1.807, 2.05) is 48.7 Å². The van der Waals surface area contributed by atoms with Gasteiger partial charge in [-0.05, 0) is 30.7 Å². The molecule has 210 valence electrons. The standard InChI is InChI=1S/C25H27N5O3S.C2H2O4/c1-17-15-34-21(27-17)14-30(2)23(31)20-11-7-10-19(12-20)22-28-29-24(33-22)25(26,16-32-3)13-18-8-5-4-6-9-18;3-1(4)2(5)6/h4-12,15H,13-14,16,26H2,1-3H3;(H,3,4)(H,5,6). The number of aromatic nitrogens is 3. The molecule has 4 rings (SSSR count). The zero-order chi connectivity index (χ0) is 29.3. The van der Waals surface area contributed by atoms with Crippen molar-refractivity contribution in [1.82, 2.24) is 20.1 Å². The van der Waals surface area contributed by atoms with Crippen molar-refractivity contribution in [1.29, 1.82) is 0 Å². The van der Waals surface area contributed by atoms with Gasteiger partial charge in [0.25, 0.3) is 5.91 Å². The molecule has 0 fully saturated rings. The second kappa shape index (κ2) is 13.6. The molecule has 13 heteroatoms. The number of ether oxygens (including phenoxy) is 1. The van der Waals surface area contributed by atoms with E-state index in [1.54, 1.807) is 37.3 Å². The Labute approximate surface area is 234 Å². The van der Waals surface area contributed by atoms with Gasteiger partial charge in [0.15, 0.2) is 0 Å². The van der Waals surface area contributed by atoms with E-state index >= 15 is 0 Å². The summed E-state index contributed by atoms with van der Waals surface area (Å²) in [4.78, 5) is 37.3. The van der Waals surface area contributed by atoms with Crippen molar-refractivity contribution < 1.29 is 33.8 Å². The molecule has 40 heavy (non-hydrogen) atoms. The van der Waals surface area contributed by atoms with Crippen LogP contribution in [0.15, 0.2) is 64.4 Å². The molecule has 0 saturated carbocycles. The molecule has 0 radical (unpaired) electrons. The van der Waals surface area contributed by atoms with E-state index in [0.29, 0.717) is 30.0 Å². The Balaban J connectivity index is 0.000000663. The minimum atomic E-state index is -1.82. The first kappa shape index (κ1) is 30.1. The maximum Gasteiger partial charge on any atom is 0.414 e. The highest BCUT2D eigenvalue weighted by Crippen LogP contribution is 2.27. The van der Waals surface area contributed by atoms with Gasteiger partial charge in [-0.1, -0.05) is 36.4 Å². The van der Waals surface area contributed by atoms with Gasteiger partial charge in [-0.25, -0.2) is 14.6 Å². The summed E-state index contributed by atoms with van der Waals surface area (Å²) >= 11 is 1.54. The van der Waals surface area contributed by atoms with Crippen molar-refractivity contribution in [2.24, 2.45) is 5.73 Å². The van der Waals surface area contributed by atoms with E-state index in [9.17, 15) is 4.79 Å². The average molecular weight is 568 g/mol. The number of aryl methyl sites for hydroxylation is 1. The Morgan fingerprint density at radius 2 is 1.77 bits per heavy atom. The third-order valence-electron chi connectivity index (χ3n) is 5.54. The Kier molecular flexibility index (Phi) is 10.2. The van der Waals surface area contributed by atoms with Crippen molar-refractivity contribution >= 4 is 29.2 Å². The largest absolute Gasteiger partial charge is 0.473 e. The first-order chi connectivity index (χ1) is 19.0. The van der Waals surface area contributed by atoms with Crippen molar-refractivity contribution in [3.63, 3.8) is 0 Å². The maximum atomic E-state index is 13.0. The highest BCUT2D eigenvalue weighted by Gasteiger charge is 2.34. The fourth-order valence-electron chi connectivity index (χ4n) is 3.70. The summed E-state index contributed by atoms with van der Waals surface area (Å²) in [5.74, 6) is -3.20. The topological polar surface area (TPSA) is 182 Å². The van der Waals surface area contributed by atoms with Crippen LogP contribution in [0.5, 0.6) is 0 Å². The predicted octanol–water partition coefficient (Wildman–Crippen LogP) is 2.97. The van der Waals surface area contributed by atoms with Crippen molar-refractivity contribution in [3.8, 4) is 11.5 Å². The molecule has 4 aromatic rings. The third kappa shape index (κ3) is 8.02. The third-order valence-corrected chi connectivity index (χ3v) is 6.49. The molecule has 0 aliphatic carbocycles. The fraction of sp³-hybridized carbons (Fsp3) is 0.259. The second-order valence-electron chi connectivity index (χ2n) is 8.90. The minimum absolute atomic E-state index is 0.119. The van der Waals surface area contributed by atoms with E-state index in [0.717, 1.165) is 16.3 Å². The van der Waals surface area contributed by atoms with Crippen LogP contribution in [0.4, 0.5) is 0 Å². The molecule has 0 saturated heterocycles. The number of carbonyl (C=O) groups is 3. The molecule has 2 heterocycles. The number of amides is 1. The first-order valence-electron chi connectivity index (χ1n) is 11.9. The number of carbonyl (C=O) groups excluding carboxylic acids is 1. The second-order valence-corrected chi connectivity index (χ2v) is 9.84. The van der Waals surface area contributed by atoms with Gasteiger partial charge in [0, 0.05) is 42.8 Å². The number of nitrogens with zero attached hydrogens (tertiary/aromatic N) is 4. The van der Waals surface area contributed by atoms with E-state index in [2.05, 4.69) is 15.2 Å². The number of thiazole rings is 1. The summed E-state index contributed by atoms with van der Waals surface area (Å²) in [6.07, 6.45) is 0.475. The number of methoxy groups -OCH3 is 1. The van der Waals surface area contributed by atoms with Crippen LogP contribution >= 0.6 is 11.3 Å². The summed E-state index contributed by atoms with van der Waals surface area (Å²) in [5.41, 5.74) is 8.82. The molecule has 2 aromatic carbocycles. The van der Waals surface area contributed by atoms with Crippen LogP contribution in [0.25, 0.3) is 11.5 Å². The van der Waals surface area contributed by atoms with E-state index in [1.165, 1.54) is 11.3 Å². The average Bonchev–Trinajstić information content (AvgIpc) is 3.59. The minimum Gasteiger partial charge on any atom is -0.473 e. The van der Waals surface area contributed by atoms with Gasteiger partial charge in [-0.2, -0.15) is 0 Å². The van der Waals surface area contributed by atoms with Crippen molar-refractivity contribution in [2.75, 3.05) is 20.8 Å². The lowest BCUT2D eigenvalue weighted by atomic mass is 9.92. The van der Waals surface area contributed by atoms with Gasteiger partial charge >= 0.3 is 11.9 Å². The normalized spacial score (nSPS) is 12.1. The highest BCUT2D eigenvalue weighted by atomic mass is 32.1. The van der Waals surface area contributed by atoms with Gasteiger partial charge in [0.05, 0.1) is 13.2 Å². The molecule has 4 N–H and O–H groups in total. The summed E-state index contributed by atoms with van der Waals surface area (Å²) in [6, 6.07) is 17.0. The lowest BCUT2D eigenvalue weighted by Gasteiger charge is -2.24. The Hall–Kier alpha value is -4.46. The monoisotopic (exact) mass is 567 g/mol. The van der Waals surface area contributed by atoms with E-state index in [4.69, 9.17) is 34.7 Å². The molecule has 2 aromatic heterocycles. The summed E-state index contributed by atoms with van der Waals surface area (Å²) < 4.78 is 11.4. The van der Waals surface area contributed by atoms with Crippen molar-refractivity contribution in [3.05, 3.63) is 87.7 Å². The smallest absolute Gasteiger partial charge is 0.414 e. The van der Waals surface area contributed by atoms with E-state index in [-0.39, 0.29) is 18.4 Å². The van der Waals surface area contributed by atoms with Gasteiger partial charge in [0.1, 0.15) is 10.5 Å². The van der Waals surface area contributed by atoms with Crippen LogP contribution < -0.4 is 5.73 Å². The van der Waals surface area contributed by atoms with Crippen LogP contribution in [0.3, 0.4) is 0 Å². The summed E-state index contributed by atoms with van der Waals surface area (Å²) in [5, 5.41) is 26.1. The number of aliphatic carboxylic acids is 2. The molecule has 1 atom stereocenters. The molecule has 0 aliphatic rings. The van der Waals surface area contributed by atoms with Crippen LogP contribution in [0.2, 0.25) is 0 Å². The maximum absolute atomic E-state index is 13.0. The summed E-state index contributed by atoms with van der Waals surface area (Å²) in [7, 11) is 3.34. The molecule has 1 unspecified atom stereocenters. The quantitative estimate of drug-likeness (QED) is 0.253. The predicted molar refractivity (Wildman–Crippen MR) is 146 cm³/mol. The molecule has 1 amide bonds. The van der Waals surface area contributed by atoms with Crippen LogP contribution in [-0.4, -0.2) is 68.9 Å². The highest BCUT2D eigenvalue weighted by molar-refractivity contribution is 7.09. The van der Waals surface area contributed by atoms with Gasteiger partial charge in [0.2, 0.25) is 11.8 Å². The lowest BCUT2D eigenvalue weighted by Crippen LogP contribution is -2.43. The molecular formula is C27H29N5O7S. The molecule has 0 aliphatic heterocycles. The molecular weight excluding hydrogens is 538 g/mol. The number of carboxylic acids is 2. The number of benzene rings is 2. The zero-order valence-corrected chi connectivity index (χ0v) is 22.9. The van der Waals surface area contributed by atoms with Crippen LogP contribution in [0, 0.1) is 6.92 Å². The number of hydrogen-bond donors (Lipinski definition) is 3. The van der Waals surface area contributed by atoms with Gasteiger partial charge in [-0.15, -0.1) is 21.5 Å². The SMILES string of the molecule is COCC(N)(Cc1ccccc1)c1nnc(-c2cccc(C(=O)N(C)Cc3nc(C)cs3)c2)o1.O=C(O)C(=O)O. The number of hydrogen-bond acceptors (Lipinski definition) is 10. The van der Waals surface area contributed by atoms with Gasteiger partial charge < -0.3 is 30.0 Å². The van der Waals surface area contributed by atoms with Crippen molar-refractivity contribution in [2.45, 2.75) is 25.4 Å². The van der Waals surface area contributed by atoms with Crippen LogP contribution in [0.1, 0.15) is 32.5 Å². The molecule has 12 nitrogen and oxygen atoms in total. The van der Waals surface area contributed by atoms with Gasteiger partial charge in [-0.3, -0.25) is 4.79 Å². The van der Waals surface area contributed by atoms with Crippen LogP contribution in [-0.2, 0) is 32.8 Å². The Morgan fingerprint density at radius 1 is 1.07 bits per heavy atom. The van der Waals surface area contributed by atoms with E-state index < -0.39 is 17.5 Å². The number of rotatable bonds is 9. The lowest BCUT2D eigenvalue weighted by molar-refractivity contribution is -0.159. The number of nitrogens with two attached hydrogens (primary N) is 1. The molecule has 0 bridgehead atoms. The zero-order valence-electron chi connectivity index (χ0n) is 22.1. The first-order valence-corrected chi connectivity index (χ1v) is 12.8. The molecule has 0 spiro atoms. The fourth-order valence-corrected chi connectivity index (χ4v) is 4.53. The Bertz CT molecular complexity index is 1440.